The van der Waals surface area contributed by atoms with Gasteiger partial charge < -0.3 is 4.90 Å². The summed E-state index contributed by atoms with van der Waals surface area (Å²) < 4.78 is 1.29. The lowest BCUT2D eigenvalue weighted by Crippen LogP contribution is -2.50. The summed E-state index contributed by atoms with van der Waals surface area (Å²) in [6, 6.07) is 7.41. The minimum absolute atomic E-state index is 0.146. The lowest BCUT2D eigenvalue weighted by Gasteiger charge is -2.35. The van der Waals surface area contributed by atoms with E-state index >= 15 is 0 Å². The van der Waals surface area contributed by atoms with Crippen LogP contribution in [0.5, 0.6) is 0 Å². The lowest BCUT2D eigenvalue weighted by molar-refractivity contribution is -0.384. The number of nitrogens with zero attached hydrogens (tertiary/aromatic N) is 5. The Labute approximate surface area is 168 Å². The normalized spacial score (nSPS) is 15.0. The highest BCUT2D eigenvalue weighted by Gasteiger charge is 2.26. The van der Waals surface area contributed by atoms with Crippen LogP contribution >= 0.6 is 0 Å². The highest BCUT2D eigenvalue weighted by atomic mass is 16.6. The number of hydrogen-bond acceptors (Lipinski definition) is 6. The quantitative estimate of drug-likeness (QED) is 0.562. The molecule has 2 heterocycles. The zero-order chi connectivity index (χ0) is 21.1. The number of carbonyl (C=O) groups is 1. The van der Waals surface area contributed by atoms with Crippen LogP contribution in [0.1, 0.15) is 30.0 Å². The number of aromatic nitrogens is 2. The molecule has 1 aliphatic rings. The lowest BCUT2D eigenvalue weighted by atomic mass is 10.2. The second-order valence-corrected chi connectivity index (χ2v) is 7.64. The van der Waals surface area contributed by atoms with E-state index in [1.165, 1.54) is 16.8 Å². The molecule has 154 valence electrons. The molecule has 1 aromatic carbocycles. The number of nitro benzene ring substituents is 1. The molecule has 0 N–H and O–H groups in total. The van der Waals surface area contributed by atoms with Gasteiger partial charge in [0.25, 0.3) is 11.6 Å². The number of amides is 1. The number of para-hydroxylation sites is 2. The average Bonchev–Trinajstić information content (AvgIpc) is 2.68. The van der Waals surface area contributed by atoms with Gasteiger partial charge in [0.05, 0.1) is 4.92 Å². The Bertz CT molecular complexity index is 977. The number of aryl methyl sites for hydroxylation is 1. The Kier molecular flexibility index (Phi) is 6.07. The Hall–Kier alpha value is -3.07. The van der Waals surface area contributed by atoms with E-state index in [2.05, 4.69) is 23.8 Å². The van der Waals surface area contributed by atoms with Crippen LogP contribution in [0, 0.1) is 23.0 Å². The fraction of sp³-hybridized carbons (Fsp3) is 0.450. The first-order valence-electron chi connectivity index (χ1n) is 9.64. The number of benzene rings is 1. The number of piperazine rings is 1. The first kappa shape index (κ1) is 20.7. The van der Waals surface area contributed by atoms with Crippen molar-refractivity contribution < 1.29 is 9.72 Å². The van der Waals surface area contributed by atoms with Gasteiger partial charge in [0.2, 0.25) is 5.43 Å². The summed E-state index contributed by atoms with van der Waals surface area (Å²) in [6.45, 7) is 9.43. The summed E-state index contributed by atoms with van der Waals surface area (Å²) in [7, 11) is 0. The molecule has 2 aromatic rings. The van der Waals surface area contributed by atoms with Gasteiger partial charge in [0.15, 0.2) is 5.69 Å². The van der Waals surface area contributed by atoms with E-state index < -0.39 is 16.3 Å². The molecule has 0 aliphatic carbocycles. The largest absolute Gasteiger partial charge is 0.335 e. The monoisotopic (exact) mass is 399 g/mol. The molecule has 1 saturated heterocycles. The smallest absolute Gasteiger partial charge is 0.294 e. The van der Waals surface area contributed by atoms with Crippen LogP contribution in [0.3, 0.4) is 0 Å². The third-order valence-electron chi connectivity index (χ3n) is 4.90. The SMILES string of the molecule is Cc1cc(=O)c(C(=O)N2CCN(CC(C)C)CC2)nn1-c1ccccc1[N+](=O)[O-]. The molecule has 1 aliphatic heterocycles. The van der Waals surface area contributed by atoms with E-state index in [-0.39, 0.29) is 17.1 Å². The van der Waals surface area contributed by atoms with Crippen molar-refractivity contribution in [2.75, 3.05) is 32.7 Å². The molecule has 0 radical (unpaired) electrons. The van der Waals surface area contributed by atoms with Crippen molar-refractivity contribution in [2.45, 2.75) is 20.8 Å². The molecule has 0 bridgehead atoms. The average molecular weight is 399 g/mol. The Morgan fingerprint density at radius 3 is 2.48 bits per heavy atom. The zero-order valence-corrected chi connectivity index (χ0v) is 16.9. The first-order chi connectivity index (χ1) is 13.8. The van der Waals surface area contributed by atoms with Gasteiger partial charge in [-0.15, -0.1) is 0 Å². The standard InChI is InChI=1S/C20H25N5O4/c1-14(2)13-22-8-10-23(11-9-22)20(27)19-18(26)12-15(3)24(21-19)16-6-4-5-7-17(16)25(28)29/h4-7,12,14H,8-11,13H2,1-3H3. The van der Waals surface area contributed by atoms with Crippen LogP contribution in [0.25, 0.3) is 5.69 Å². The first-order valence-corrected chi connectivity index (χ1v) is 9.64. The van der Waals surface area contributed by atoms with Gasteiger partial charge in [-0.2, -0.15) is 5.10 Å². The Morgan fingerprint density at radius 1 is 1.21 bits per heavy atom. The highest BCUT2D eigenvalue weighted by Crippen LogP contribution is 2.22. The van der Waals surface area contributed by atoms with Crippen molar-refractivity contribution in [3.63, 3.8) is 0 Å². The van der Waals surface area contributed by atoms with Gasteiger partial charge in [0.1, 0.15) is 5.69 Å². The van der Waals surface area contributed by atoms with Crippen molar-refractivity contribution in [1.82, 2.24) is 19.6 Å². The third kappa shape index (κ3) is 4.51. The maximum absolute atomic E-state index is 13.0. The van der Waals surface area contributed by atoms with Crippen LogP contribution in [0.4, 0.5) is 5.69 Å². The molecule has 1 amide bonds. The maximum Gasteiger partial charge on any atom is 0.294 e. The maximum atomic E-state index is 13.0. The van der Waals surface area contributed by atoms with Gasteiger partial charge in [0, 0.05) is 50.6 Å². The number of nitro groups is 1. The molecule has 0 saturated carbocycles. The number of rotatable bonds is 5. The molecule has 1 fully saturated rings. The molecule has 1 aromatic heterocycles. The number of carbonyl (C=O) groups excluding carboxylic acids is 1. The predicted octanol–water partition coefficient (Wildman–Crippen LogP) is 1.86. The zero-order valence-electron chi connectivity index (χ0n) is 16.9. The molecule has 0 spiro atoms. The van der Waals surface area contributed by atoms with Gasteiger partial charge in [-0.3, -0.25) is 24.6 Å². The summed E-state index contributed by atoms with van der Waals surface area (Å²) in [5.41, 5.74) is -0.209. The van der Waals surface area contributed by atoms with Crippen LogP contribution in [0.15, 0.2) is 35.1 Å². The van der Waals surface area contributed by atoms with E-state index in [0.29, 0.717) is 24.7 Å². The second kappa shape index (κ2) is 8.52. The van der Waals surface area contributed by atoms with Crippen LogP contribution in [0.2, 0.25) is 0 Å². The predicted molar refractivity (Wildman–Crippen MR) is 108 cm³/mol. The summed E-state index contributed by atoms with van der Waals surface area (Å²) >= 11 is 0. The van der Waals surface area contributed by atoms with Crippen LogP contribution < -0.4 is 5.43 Å². The van der Waals surface area contributed by atoms with Crippen molar-refractivity contribution in [3.05, 3.63) is 62.1 Å². The second-order valence-electron chi connectivity index (χ2n) is 7.64. The topological polar surface area (TPSA) is 102 Å². The van der Waals surface area contributed by atoms with E-state index in [0.717, 1.165) is 19.6 Å². The van der Waals surface area contributed by atoms with Crippen molar-refractivity contribution in [2.24, 2.45) is 5.92 Å². The van der Waals surface area contributed by atoms with E-state index in [1.807, 2.05) is 0 Å². The van der Waals surface area contributed by atoms with E-state index in [1.54, 1.807) is 30.0 Å². The number of hydrogen-bond donors (Lipinski definition) is 0. The highest BCUT2D eigenvalue weighted by molar-refractivity contribution is 5.92. The van der Waals surface area contributed by atoms with Crippen molar-refractivity contribution in [1.29, 1.82) is 0 Å². The van der Waals surface area contributed by atoms with Gasteiger partial charge >= 0.3 is 0 Å². The molecule has 29 heavy (non-hydrogen) atoms. The molecule has 9 nitrogen and oxygen atoms in total. The van der Waals surface area contributed by atoms with E-state index in [4.69, 9.17) is 0 Å². The molecular formula is C20H25N5O4. The Balaban J connectivity index is 1.90. The fourth-order valence-corrected chi connectivity index (χ4v) is 3.54. The molecular weight excluding hydrogens is 374 g/mol. The Morgan fingerprint density at radius 2 is 1.86 bits per heavy atom. The summed E-state index contributed by atoms with van der Waals surface area (Å²) in [5, 5.41) is 15.6. The molecule has 3 rings (SSSR count). The summed E-state index contributed by atoms with van der Waals surface area (Å²) in [4.78, 5) is 40.2. The fourth-order valence-electron chi connectivity index (χ4n) is 3.54. The molecule has 9 heteroatoms. The molecule has 0 unspecified atom stereocenters. The van der Waals surface area contributed by atoms with Crippen LogP contribution in [-0.4, -0.2) is 63.1 Å². The van der Waals surface area contributed by atoms with Gasteiger partial charge in [-0.05, 0) is 18.9 Å². The third-order valence-corrected chi connectivity index (χ3v) is 4.90. The molecule has 0 atom stereocenters. The van der Waals surface area contributed by atoms with E-state index in [9.17, 15) is 19.7 Å². The summed E-state index contributed by atoms with van der Waals surface area (Å²) in [5.74, 6) is 0.108. The van der Waals surface area contributed by atoms with Crippen molar-refractivity contribution in [3.8, 4) is 5.69 Å². The van der Waals surface area contributed by atoms with Crippen LogP contribution in [-0.2, 0) is 0 Å². The minimum Gasteiger partial charge on any atom is -0.335 e. The minimum atomic E-state index is -0.510. The van der Waals surface area contributed by atoms with Crippen molar-refractivity contribution >= 4 is 11.6 Å². The summed E-state index contributed by atoms with van der Waals surface area (Å²) in [6.07, 6.45) is 0. The van der Waals surface area contributed by atoms with Gasteiger partial charge in [-0.1, -0.05) is 26.0 Å². The van der Waals surface area contributed by atoms with Gasteiger partial charge in [-0.25, -0.2) is 4.68 Å².